The number of carbonyl (C=O) groups excluding carboxylic acids is 1. The summed E-state index contributed by atoms with van der Waals surface area (Å²) in [4.78, 5) is 17.0. The fourth-order valence-corrected chi connectivity index (χ4v) is 5.54. The Balaban J connectivity index is 1.61. The van der Waals surface area contributed by atoms with Crippen molar-refractivity contribution < 1.29 is 24.5 Å². The topological polar surface area (TPSA) is 82.5 Å². The van der Waals surface area contributed by atoms with E-state index < -0.39 is 0 Å². The van der Waals surface area contributed by atoms with Gasteiger partial charge in [0.25, 0.3) is 5.91 Å². The Morgan fingerprint density at radius 1 is 0.895 bits per heavy atom. The van der Waals surface area contributed by atoms with Crippen LogP contribution in [0, 0.1) is 0 Å². The first-order chi connectivity index (χ1) is 18.5. The van der Waals surface area contributed by atoms with Gasteiger partial charge >= 0.3 is 0 Å². The molecule has 0 bridgehead atoms. The Bertz CT molecular complexity index is 1130. The molecule has 1 fully saturated rings. The van der Waals surface area contributed by atoms with Crippen LogP contribution in [0.3, 0.4) is 0 Å². The minimum atomic E-state index is -0.191. The van der Waals surface area contributed by atoms with Crippen LogP contribution in [-0.4, -0.2) is 79.5 Å². The lowest BCUT2D eigenvalue weighted by Crippen LogP contribution is -2.46. The summed E-state index contributed by atoms with van der Waals surface area (Å²) in [6, 6.07) is 24.5. The van der Waals surface area contributed by atoms with Gasteiger partial charge in [-0.05, 0) is 72.5 Å². The van der Waals surface area contributed by atoms with E-state index in [1.54, 1.807) is 20.3 Å². The molecule has 202 valence electrons. The summed E-state index contributed by atoms with van der Waals surface area (Å²) in [7, 11) is 3.37. The zero-order valence-corrected chi connectivity index (χ0v) is 22.3. The van der Waals surface area contributed by atoms with Crippen molar-refractivity contribution in [2.24, 2.45) is 0 Å². The average molecular weight is 519 g/mol. The third-order valence-corrected chi connectivity index (χ3v) is 7.46. The number of rotatable bonds is 11. The summed E-state index contributed by atoms with van der Waals surface area (Å²) in [6.45, 7) is 2.63. The van der Waals surface area contributed by atoms with Gasteiger partial charge in [-0.25, -0.2) is 0 Å². The molecule has 2 N–H and O–H groups in total. The summed E-state index contributed by atoms with van der Waals surface area (Å²) in [5.74, 6) is 1.49. The van der Waals surface area contributed by atoms with Crippen LogP contribution in [0.4, 0.5) is 0 Å². The fraction of sp³-hybridized carbons (Fsp3) is 0.387. The van der Waals surface area contributed by atoms with Crippen molar-refractivity contribution in [2.45, 2.75) is 24.8 Å². The van der Waals surface area contributed by atoms with E-state index in [0.29, 0.717) is 5.56 Å². The van der Waals surface area contributed by atoms with Gasteiger partial charge < -0.3 is 24.6 Å². The van der Waals surface area contributed by atoms with E-state index in [2.05, 4.69) is 35.2 Å². The molecular formula is C31H38N2O5. The van der Waals surface area contributed by atoms with Crippen molar-refractivity contribution in [1.29, 1.82) is 0 Å². The highest BCUT2D eigenvalue weighted by molar-refractivity contribution is 5.94. The number of methoxy groups -OCH3 is 2. The van der Waals surface area contributed by atoms with Gasteiger partial charge in [0.1, 0.15) is 11.5 Å². The second-order valence-electron chi connectivity index (χ2n) is 9.79. The van der Waals surface area contributed by atoms with Crippen molar-refractivity contribution >= 4 is 5.91 Å². The lowest BCUT2D eigenvalue weighted by Gasteiger charge is -2.44. The predicted octanol–water partition coefficient (Wildman–Crippen LogP) is 3.71. The van der Waals surface area contributed by atoms with Crippen LogP contribution >= 0.6 is 0 Å². The molecule has 3 aromatic carbocycles. The molecule has 0 aliphatic carbocycles. The van der Waals surface area contributed by atoms with E-state index in [1.807, 2.05) is 36.4 Å². The lowest BCUT2D eigenvalue weighted by molar-refractivity contribution is 0.0684. The number of ether oxygens (including phenoxy) is 2. The number of carbonyl (C=O) groups is 1. The number of likely N-dealkylation sites (tertiary alicyclic amines) is 1. The monoisotopic (exact) mass is 518 g/mol. The van der Waals surface area contributed by atoms with Gasteiger partial charge in [-0.15, -0.1) is 0 Å². The number of benzene rings is 3. The number of nitrogens with zero attached hydrogens (tertiary/aromatic N) is 2. The standard InChI is InChI=1S/C31H38N2O5/c1-37-28-11-7-26(8-12-28)31(27-9-13-29(38-2)14-10-27)15-4-16-32(23-31)22-24-5-3-6-25(21-24)30(36)33(17-19-34)18-20-35/h3,5-14,21,34-35H,4,15-20,22-23H2,1-2H3. The highest BCUT2D eigenvalue weighted by Crippen LogP contribution is 2.41. The molecule has 0 radical (unpaired) electrons. The highest BCUT2D eigenvalue weighted by Gasteiger charge is 2.39. The van der Waals surface area contributed by atoms with Gasteiger partial charge in [0, 0.05) is 37.2 Å². The molecule has 38 heavy (non-hydrogen) atoms. The molecule has 1 amide bonds. The van der Waals surface area contributed by atoms with Gasteiger partial charge in [-0.2, -0.15) is 0 Å². The number of hydrogen-bond acceptors (Lipinski definition) is 6. The third kappa shape index (κ3) is 6.18. The third-order valence-electron chi connectivity index (χ3n) is 7.46. The molecule has 7 heteroatoms. The van der Waals surface area contributed by atoms with Crippen molar-refractivity contribution in [3.8, 4) is 11.5 Å². The first kappa shape index (κ1) is 27.6. The van der Waals surface area contributed by atoms with E-state index in [0.717, 1.165) is 49.5 Å². The molecule has 1 heterocycles. The quantitative estimate of drug-likeness (QED) is 0.403. The Hall–Kier alpha value is -3.39. The van der Waals surface area contributed by atoms with Crippen molar-refractivity contribution in [2.75, 3.05) is 53.6 Å². The Morgan fingerprint density at radius 3 is 2.00 bits per heavy atom. The minimum absolute atomic E-state index is 0.141. The van der Waals surface area contributed by atoms with Crippen molar-refractivity contribution in [3.05, 3.63) is 95.1 Å². The summed E-state index contributed by atoms with van der Waals surface area (Å²) < 4.78 is 10.8. The van der Waals surface area contributed by atoms with Crippen LogP contribution in [0.1, 0.15) is 39.9 Å². The smallest absolute Gasteiger partial charge is 0.254 e. The van der Waals surface area contributed by atoms with E-state index in [9.17, 15) is 15.0 Å². The maximum atomic E-state index is 13.0. The van der Waals surface area contributed by atoms with Gasteiger partial charge in [0.2, 0.25) is 0 Å². The minimum Gasteiger partial charge on any atom is -0.497 e. The van der Waals surface area contributed by atoms with Gasteiger partial charge in [-0.3, -0.25) is 9.69 Å². The largest absolute Gasteiger partial charge is 0.497 e. The number of aliphatic hydroxyl groups excluding tert-OH is 2. The summed E-state index contributed by atoms with van der Waals surface area (Å²) in [5, 5.41) is 18.7. The molecule has 1 aliphatic rings. The SMILES string of the molecule is COc1ccc(C2(c3ccc(OC)cc3)CCCN(Cc3cccc(C(=O)N(CCO)CCO)c3)C2)cc1. The number of amides is 1. The number of aliphatic hydroxyl groups is 2. The molecule has 4 rings (SSSR count). The van der Waals surface area contributed by atoms with E-state index in [4.69, 9.17) is 9.47 Å². The fourth-order valence-electron chi connectivity index (χ4n) is 5.54. The zero-order valence-electron chi connectivity index (χ0n) is 22.3. The average Bonchev–Trinajstić information content (AvgIpc) is 2.97. The second-order valence-corrected chi connectivity index (χ2v) is 9.79. The van der Waals surface area contributed by atoms with Crippen molar-refractivity contribution in [1.82, 2.24) is 9.80 Å². The first-order valence-corrected chi connectivity index (χ1v) is 13.1. The number of hydrogen-bond donors (Lipinski definition) is 2. The molecule has 0 aromatic heterocycles. The highest BCUT2D eigenvalue weighted by atomic mass is 16.5. The first-order valence-electron chi connectivity index (χ1n) is 13.1. The molecular weight excluding hydrogens is 480 g/mol. The predicted molar refractivity (Wildman–Crippen MR) is 148 cm³/mol. The molecule has 3 aromatic rings. The van der Waals surface area contributed by atoms with Crippen LogP contribution in [0.15, 0.2) is 72.8 Å². The summed E-state index contributed by atoms with van der Waals surface area (Å²) >= 11 is 0. The normalized spacial score (nSPS) is 15.2. The van der Waals surface area contributed by atoms with E-state index in [-0.39, 0.29) is 37.6 Å². The Kier molecular flexibility index (Phi) is 9.39. The van der Waals surface area contributed by atoms with Crippen LogP contribution in [0.25, 0.3) is 0 Å². The van der Waals surface area contributed by atoms with Crippen molar-refractivity contribution in [3.63, 3.8) is 0 Å². The van der Waals surface area contributed by atoms with Gasteiger partial charge in [-0.1, -0.05) is 36.4 Å². The molecule has 0 saturated carbocycles. The van der Waals surface area contributed by atoms with Crippen LogP contribution in [0.5, 0.6) is 11.5 Å². The van der Waals surface area contributed by atoms with Crippen LogP contribution < -0.4 is 9.47 Å². The second kappa shape index (κ2) is 12.9. The van der Waals surface area contributed by atoms with Crippen LogP contribution in [-0.2, 0) is 12.0 Å². The maximum absolute atomic E-state index is 13.0. The molecule has 7 nitrogen and oxygen atoms in total. The van der Waals surface area contributed by atoms with Crippen LogP contribution in [0.2, 0.25) is 0 Å². The lowest BCUT2D eigenvalue weighted by atomic mass is 9.69. The molecule has 1 saturated heterocycles. The Morgan fingerprint density at radius 2 is 1.47 bits per heavy atom. The molecule has 0 atom stereocenters. The van der Waals surface area contributed by atoms with E-state index >= 15 is 0 Å². The summed E-state index contributed by atoms with van der Waals surface area (Å²) in [6.07, 6.45) is 2.06. The van der Waals surface area contributed by atoms with Gasteiger partial charge in [0.15, 0.2) is 0 Å². The van der Waals surface area contributed by atoms with E-state index in [1.165, 1.54) is 16.0 Å². The number of piperidine rings is 1. The molecule has 0 spiro atoms. The zero-order chi connectivity index (χ0) is 27.0. The maximum Gasteiger partial charge on any atom is 0.254 e. The van der Waals surface area contributed by atoms with Gasteiger partial charge in [0.05, 0.1) is 27.4 Å². The molecule has 1 aliphatic heterocycles. The summed E-state index contributed by atoms with van der Waals surface area (Å²) in [5.41, 5.74) is 3.94. The Labute approximate surface area is 225 Å². The molecule has 0 unspecified atom stereocenters.